The summed E-state index contributed by atoms with van der Waals surface area (Å²) < 4.78 is 5.22. The molecule has 0 saturated heterocycles. The van der Waals surface area contributed by atoms with Gasteiger partial charge in [0.15, 0.2) is 0 Å². The number of methoxy groups -OCH3 is 1. The second-order valence-corrected chi connectivity index (χ2v) is 3.64. The monoisotopic (exact) mass is 245 g/mol. The van der Waals surface area contributed by atoms with Crippen molar-refractivity contribution in [3.8, 4) is 23.1 Å². The molecular weight excluding hydrogens is 238 g/mol. The average molecular weight is 246 g/mol. The highest BCUT2D eigenvalue weighted by atomic mass is 35.5. The van der Waals surface area contributed by atoms with E-state index in [4.69, 9.17) is 21.6 Å². The van der Waals surface area contributed by atoms with Crippen LogP contribution in [-0.4, -0.2) is 17.1 Å². The normalized spacial score (nSPS) is 9.71. The van der Waals surface area contributed by atoms with Crippen molar-refractivity contribution in [3.63, 3.8) is 0 Å². The molecule has 0 bridgehead atoms. The summed E-state index contributed by atoms with van der Waals surface area (Å²) in [7, 11) is 1.56. The smallest absolute Gasteiger partial charge is 0.148 e. The van der Waals surface area contributed by atoms with Crippen molar-refractivity contribution in [1.82, 2.24) is 9.97 Å². The van der Waals surface area contributed by atoms with Crippen LogP contribution in [0.2, 0.25) is 5.15 Å². The van der Waals surface area contributed by atoms with Crippen LogP contribution in [0.5, 0.6) is 5.75 Å². The second kappa shape index (κ2) is 4.81. The topological polar surface area (TPSA) is 58.8 Å². The molecule has 0 atom stereocenters. The molecule has 2 aromatic rings. The van der Waals surface area contributed by atoms with Crippen LogP contribution in [0.3, 0.4) is 0 Å². The van der Waals surface area contributed by atoms with Crippen molar-refractivity contribution in [3.05, 3.63) is 41.3 Å². The number of nitriles is 1. The zero-order chi connectivity index (χ0) is 12.3. The summed E-state index contributed by atoms with van der Waals surface area (Å²) >= 11 is 5.78. The third-order valence-corrected chi connectivity index (χ3v) is 2.39. The van der Waals surface area contributed by atoms with Gasteiger partial charge in [-0.3, -0.25) is 4.98 Å². The summed E-state index contributed by atoms with van der Waals surface area (Å²) in [6.45, 7) is 0. The summed E-state index contributed by atoms with van der Waals surface area (Å²) in [4.78, 5) is 8.10. The molecule has 1 aromatic heterocycles. The summed E-state index contributed by atoms with van der Waals surface area (Å²) in [5.41, 5.74) is 1.80. The van der Waals surface area contributed by atoms with Crippen LogP contribution in [-0.2, 0) is 0 Å². The Bertz CT molecular complexity index is 593. The number of ether oxygens (including phenoxy) is 1. The van der Waals surface area contributed by atoms with E-state index in [1.807, 2.05) is 0 Å². The second-order valence-electron chi connectivity index (χ2n) is 3.25. The van der Waals surface area contributed by atoms with Gasteiger partial charge in [0.2, 0.25) is 0 Å². The lowest BCUT2D eigenvalue weighted by molar-refractivity contribution is 0.416. The quantitative estimate of drug-likeness (QED) is 0.816. The van der Waals surface area contributed by atoms with Crippen molar-refractivity contribution in [1.29, 1.82) is 5.26 Å². The van der Waals surface area contributed by atoms with Gasteiger partial charge in [-0.25, -0.2) is 4.98 Å². The molecule has 0 unspecified atom stereocenters. The van der Waals surface area contributed by atoms with Crippen LogP contribution >= 0.6 is 11.6 Å². The first-order valence-electron chi connectivity index (χ1n) is 4.80. The van der Waals surface area contributed by atoms with Crippen LogP contribution in [0.25, 0.3) is 11.3 Å². The molecule has 0 aliphatic heterocycles. The largest absolute Gasteiger partial charge is 0.496 e. The molecule has 0 fully saturated rings. The lowest BCUT2D eigenvalue weighted by Crippen LogP contribution is -1.92. The molecule has 0 N–H and O–H groups in total. The van der Waals surface area contributed by atoms with Crippen molar-refractivity contribution < 1.29 is 4.74 Å². The third-order valence-electron chi connectivity index (χ3n) is 2.21. The molecule has 1 aromatic carbocycles. The van der Waals surface area contributed by atoms with Gasteiger partial charge in [0.1, 0.15) is 10.9 Å². The molecule has 4 nitrogen and oxygen atoms in total. The van der Waals surface area contributed by atoms with Gasteiger partial charge in [-0.05, 0) is 18.2 Å². The first-order valence-corrected chi connectivity index (χ1v) is 5.18. The Hall–Kier alpha value is -2.12. The minimum absolute atomic E-state index is 0.298. The molecule has 1 heterocycles. The number of benzene rings is 1. The maximum absolute atomic E-state index is 8.87. The van der Waals surface area contributed by atoms with Crippen LogP contribution in [0.4, 0.5) is 0 Å². The number of aromatic nitrogens is 2. The Labute approximate surface area is 103 Å². The van der Waals surface area contributed by atoms with E-state index in [0.717, 1.165) is 0 Å². The van der Waals surface area contributed by atoms with E-state index in [1.165, 1.54) is 6.20 Å². The lowest BCUT2D eigenvalue weighted by atomic mass is 10.1. The van der Waals surface area contributed by atoms with Crippen LogP contribution in [0.15, 0.2) is 30.6 Å². The van der Waals surface area contributed by atoms with Gasteiger partial charge >= 0.3 is 0 Å². The maximum atomic E-state index is 8.87. The Balaban J connectivity index is 2.61. The summed E-state index contributed by atoms with van der Waals surface area (Å²) in [5, 5.41) is 9.17. The zero-order valence-electron chi connectivity index (χ0n) is 9.01. The molecule has 5 heteroatoms. The highest BCUT2D eigenvalue weighted by Gasteiger charge is 2.09. The Morgan fingerprint density at radius 3 is 2.82 bits per heavy atom. The molecule has 17 heavy (non-hydrogen) atoms. The molecule has 84 valence electrons. The molecule has 0 aliphatic carbocycles. The molecule has 0 spiro atoms. The molecule has 2 rings (SSSR count). The average Bonchev–Trinajstić information content (AvgIpc) is 2.38. The standard InChI is InChI=1S/C12H8ClN3O/c1-17-11-3-2-8(5-14)4-9(11)10-6-15-7-12(13)16-10/h2-4,6-7H,1H3. The fourth-order valence-corrected chi connectivity index (χ4v) is 1.60. The number of hydrogen-bond donors (Lipinski definition) is 0. The number of nitrogens with zero attached hydrogens (tertiary/aromatic N) is 3. The van der Waals surface area contributed by atoms with Crippen molar-refractivity contribution in [2.45, 2.75) is 0 Å². The highest BCUT2D eigenvalue weighted by molar-refractivity contribution is 6.29. The molecule has 0 saturated carbocycles. The Kier molecular flexibility index (Phi) is 3.22. The van der Waals surface area contributed by atoms with E-state index in [0.29, 0.717) is 27.7 Å². The fourth-order valence-electron chi connectivity index (χ4n) is 1.45. The Morgan fingerprint density at radius 1 is 1.35 bits per heavy atom. The van der Waals surface area contributed by atoms with Crippen molar-refractivity contribution in [2.24, 2.45) is 0 Å². The number of rotatable bonds is 2. The SMILES string of the molecule is COc1ccc(C#N)cc1-c1cncc(Cl)n1. The van der Waals surface area contributed by atoms with E-state index >= 15 is 0 Å². The van der Waals surface area contributed by atoms with Crippen LogP contribution in [0, 0.1) is 11.3 Å². The minimum atomic E-state index is 0.298. The molecular formula is C12H8ClN3O. The summed E-state index contributed by atoms with van der Waals surface area (Å²) in [6, 6.07) is 7.16. The first-order chi connectivity index (χ1) is 8.24. The summed E-state index contributed by atoms with van der Waals surface area (Å²) in [6.07, 6.45) is 3.02. The highest BCUT2D eigenvalue weighted by Crippen LogP contribution is 2.29. The van der Waals surface area contributed by atoms with E-state index < -0.39 is 0 Å². The van der Waals surface area contributed by atoms with Gasteiger partial charge in [0.25, 0.3) is 0 Å². The van der Waals surface area contributed by atoms with Gasteiger partial charge in [0.05, 0.1) is 36.8 Å². The predicted octanol–water partition coefficient (Wildman–Crippen LogP) is 2.68. The van der Waals surface area contributed by atoms with Gasteiger partial charge in [-0.1, -0.05) is 11.6 Å². The van der Waals surface area contributed by atoms with Gasteiger partial charge in [0, 0.05) is 5.56 Å². The van der Waals surface area contributed by atoms with Crippen LogP contribution in [0.1, 0.15) is 5.56 Å². The fraction of sp³-hybridized carbons (Fsp3) is 0.0833. The summed E-state index contributed by atoms with van der Waals surface area (Å²) in [5.74, 6) is 0.626. The molecule has 0 amide bonds. The zero-order valence-corrected chi connectivity index (χ0v) is 9.77. The first kappa shape index (κ1) is 11.4. The van der Waals surface area contributed by atoms with Crippen LogP contribution < -0.4 is 4.74 Å². The number of hydrogen-bond acceptors (Lipinski definition) is 4. The Morgan fingerprint density at radius 2 is 2.18 bits per heavy atom. The van der Waals surface area contributed by atoms with E-state index in [-0.39, 0.29) is 0 Å². The molecule has 0 radical (unpaired) electrons. The van der Waals surface area contributed by atoms with E-state index in [9.17, 15) is 0 Å². The van der Waals surface area contributed by atoms with Gasteiger partial charge in [-0.15, -0.1) is 0 Å². The van der Waals surface area contributed by atoms with E-state index in [1.54, 1.807) is 31.5 Å². The predicted molar refractivity (Wildman–Crippen MR) is 63.7 cm³/mol. The number of halogens is 1. The van der Waals surface area contributed by atoms with E-state index in [2.05, 4.69) is 16.0 Å². The third kappa shape index (κ3) is 2.35. The minimum Gasteiger partial charge on any atom is -0.496 e. The van der Waals surface area contributed by atoms with Gasteiger partial charge < -0.3 is 4.74 Å². The van der Waals surface area contributed by atoms with Gasteiger partial charge in [-0.2, -0.15) is 5.26 Å². The molecule has 0 aliphatic rings. The van der Waals surface area contributed by atoms with Crippen molar-refractivity contribution >= 4 is 11.6 Å². The van der Waals surface area contributed by atoms with Crippen molar-refractivity contribution in [2.75, 3.05) is 7.11 Å². The lowest BCUT2D eigenvalue weighted by Gasteiger charge is -2.07. The maximum Gasteiger partial charge on any atom is 0.148 e.